The standard InChI is InChI=1S/C15H13FO/c1-11-5-7-12(8-6-11)9-15(17)13-3-2-4-14(16)10-13/h2-8,10H,9H2,1H3. The molecule has 86 valence electrons. The monoisotopic (exact) mass is 228 g/mol. The van der Waals surface area contributed by atoms with E-state index in [2.05, 4.69) is 0 Å². The number of carbonyl (C=O) groups is 1. The zero-order valence-corrected chi connectivity index (χ0v) is 9.61. The molecular weight excluding hydrogens is 215 g/mol. The van der Waals surface area contributed by atoms with Crippen molar-refractivity contribution in [1.82, 2.24) is 0 Å². The van der Waals surface area contributed by atoms with Crippen molar-refractivity contribution in [1.29, 1.82) is 0 Å². The van der Waals surface area contributed by atoms with Gasteiger partial charge in [0, 0.05) is 12.0 Å². The Kier molecular flexibility index (Phi) is 3.33. The summed E-state index contributed by atoms with van der Waals surface area (Å²) in [6.45, 7) is 2.00. The number of hydrogen-bond donors (Lipinski definition) is 0. The van der Waals surface area contributed by atoms with Gasteiger partial charge >= 0.3 is 0 Å². The van der Waals surface area contributed by atoms with E-state index in [-0.39, 0.29) is 11.6 Å². The number of rotatable bonds is 3. The molecule has 0 N–H and O–H groups in total. The molecule has 2 heteroatoms. The first-order chi connectivity index (χ1) is 8.15. The molecule has 0 aliphatic heterocycles. The molecule has 2 aromatic carbocycles. The molecule has 0 saturated heterocycles. The molecule has 0 radical (unpaired) electrons. The summed E-state index contributed by atoms with van der Waals surface area (Å²) in [5.74, 6) is -0.437. The largest absolute Gasteiger partial charge is 0.294 e. The van der Waals surface area contributed by atoms with Gasteiger partial charge in [-0.25, -0.2) is 4.39 Å². The smallest absolute Gasteiger partial charge is 0.167 e. The zero-order chi connectivity index (χ0) is 12.3. The van der Waals surface area contributed by atoms with Crippen LogP contribution in [0.5, 0.6) is 0 Å². The number of aryl methyl sites for hydroxylation is 1. The molecule has 0 fully saturated rings. The molecule has 0 atom stereocenters. The highest BCUT2D eigenvalue weighted by atomic mass is 19.1. The van der Waals surface area contributed by atoms with Crippen LogP contribution in [0, 0.1) is 12.7 Å². The first-order valence-corrected chi connectivity index (χ1v) is 5.49. The highest BCUT2D eigenvalue weighted by molar-refractivity contribution is 5.97. The van der Waals surface area contributed by atoms with Crippen molar-refractivity contribution in [2.75, 3.05) is 0 Å². The average Bonchev–Trinajstić information content (AvgIpc) is 2.32. The van der Waals surface area contributed by atoms with E-state index in [4.69, 9.17) is 0 Å². The maximum atomic E-state index is 13.0. The molecule has 0 amide bonds. The average molecular weight is 228 g/mol. The lowest BCUT2D eigenvalue weighted by molar-refractivity contribution is 0.0992. The van der Waals surface area contributed by atoms with Crippen molar-refractivity contribution in [3.05, 3.63) is 71.0 Å². The van der Waals surface area contributed by atoms with Crippen LogP contribution in [0.15, 0.2) is 48.5 Å². The van der Waals surface area contributed by atoms with Crippen LogP contribution < -0.4 is 0 Å². The van der Waals surface area contributed by atoms with E-state index >= 15 is 0 Å². The van der Waals surface area contributed by atoms with E-state index in [1.807, 2.05) is 31.2 Å². The minimum absolute atomic E-state index is 0.0617. The van der Waals surface area contributed by atoms with Crippen LogP contribution in [0.4, 0.5) is 4.39 Å². The number of halogens is 1. The Hall–Kier alpha value is -1.96. The van der Waals surface area contributed by atoms with Gasteiger partial charge in [-0.05, 0) is 24.6 Å². The summed E-state index contributed by atoms with van der Waals surface area (Å²) in [6, 6.07) is 13.6. The zero-order valence-electron chi connectivity index (χ0n) is 9.61. The van der Waals surface area contributed by atoms with Gasteiger partial charge in [-0.2, -0.15) is 0 Å². The second-order valence-electron chi connectivity index (χ2n) is 4.10. The molecule has 0 aliphatic carbocycles. The first-order valence-electron chi connectivity index (χ1n) is 5.49. The Bertz CT molecular complexity index is 529. The van der Waals surface area contributed by atoms with E-state index in [1.54, 1.807) is 12.1 Å². The molecule has 0 aromatic heterocycles. The number of hydrogen-bond acceptors (Lipinski definition) is 1. The van der Waals surface area contributed by atoms with Crippen LogP contribution in [0.1, 0.15) is 21.5 Å². The first kappa shape index (κ1) is 11.5. The van der Waals surface area contributed by atoms with Gasteiger partial charge in [0.15, 0.2) is 5.78 Å². The Morgan fingerprint density at radius 2 is 1.82 bits per heavy atom. The van der Waals surface area contributed by atoms with Crippen LogP contribution in [-0.4, -0.2) is 5.78 Å². The molecule has 1 nitrogen and oxygen atoms in total. The van der Waals surface area contributed by atoms with Crippen molar-refractivity contribution in [2.45, 2.75) is 13.3 Å². The lowest BCUT2D eigenvalue weighted by Gasteiger charge is -2.02. The highest BCUT2D eigenvalue weighted by Crippen LogP contribution is 2.10. The quantitative estimate of drug-likeness (QED) is 0.734. The van der Waals surface area contributed by atoms with Crippen molar-refractivity contribution in [2.24, 2.45) is 0 Å². The van der Waals surface area contributed by atoms with Crippen LogP contribution in [0.25, 0.3) is 0 Å². The third kappa shape index (κ3) is 3.00. The lowest BCUT2D eigenvalue weighted by Crippen LogP contribution is -2.03. The van der Waals surface area contributed by atoms with Crippen molar-refractivity contribution in [3.8, 4) is 0 Å². The van der Waals surface area contributed by atoms with Gasteiger partial charge in [0.2, 0.25) is 0 Å². The molecule has 2 aromatic rings. The predicted octanol–water partition coefficient (Wildman–Crippen LogP) is 3.56. The van der Waals surface area contributed by atoms with E-state index in [9.17, 15) is 9.18 Å². The fraction of sp³-hybridized carbons (Fsp3) is 0.133. The minimum Gasteiger partial charge on any atom is -0.294 e. The molecule has 0 spiro atoms. The Labute approximate surface area is 99.9 Å². The third-order valence-electron chi connectivity index (χ3n) is 2.63. The summed E-state index contributed by atoms with van der Waals surface area (Å²) < 4.78 is 13.0. The van der Waals surface area contributed by atoms with Gasteiger partial charge in [-0.15, -0.1) is 0 Å². The van der Waals surface area contributed by atoms with Crippen molar-refractivity contribution >= 4 is 5.78 Å². The Balaban J connectivity index is 2.14. The summed E-state index contributed by atoms with van der Waals surface area (Å²) in [5, 5.41) is 0. The molecular formula is C15H13FO. The van der Waals surface area contributed by atoms with Crippen molar-refractivity contribution in [3.63, 3.8) is 0 Å². The number of ketones is 1. The molecule has 2 rings (SSSR count). The van der Waals surface area contributed by atoms with E-state index in [1.165, 1.54) is 12.1 Å². The topological polar surface area (TPSA) is 17.1 Å². The summed E-state index contributed by atoms with van der Waals surface area (Å²) in [6.07, 6.45) is 0.309. The van der Waals surface area contributed by atoms with Gasteiger partial charge in [-0.1, -0.05) is 42.0 Å². The normalized spacial score (nSPS) is 10.2. The van der Waals surface area contributed by atoms with E-state index in [0.717, 1.165) is 11.1 Å². The second-order valence-corrected chi connectivity index (χ2v) is 4.10. The van der Waals surface area contributed by atoms with Crippen LogP contribution in [-0.2, 0) is 6.42 Å². The molecule has 0 unspecified atom stereocenters. The summed E-state index contributed by atoms with van der Waals surface area (Å²) >= 11 is 0. The molecule has 17 heavy (non-hydrogen) atoms. The van der Waals surface area contributed by atoms with Gasteiger partial charge in [0.25, 0.3) is 0 Å². The Morgan fingerprint density at radius 1 is 1.12 bits per heavy atom. The summed E-state index contributed by atoms with van der Waals surface area (Å²) in [4.78, 5) is 11.9. The fourth-order valence-electron chi connectivity index (χ4n) is 1.66. The van der Waals surface area contributed by atoms with Crippen LogP contribution in [0.2, 0.25) is 0 Å². The molecule has 0 aliphatic rings. The van der Waals surface area contributed by atoms with Gasteiger partial charge in [0.1, 0.15) is 5.82 Å². The molecule has 0 heterocycles. The van der Waals surface area contributed by atoms with Crippen LogP contribution >= 0.6 is 0 Å². The van der Waals surface area contributed by atoms with Crippen molar-refractivity contribution < 1.29 is 9.18 Å². The SMILES string of the molecule is Cc1ccc(CC(=O)c2cccc(F)c2)cc1. The van der Waals surface area contributed by atoms with E-state index < -0.39 is 0 Å². The fourth-order valence-corrected chi connectivity index (χ4v) is 1.66. The van der Waals surface area contributed by atoms with Gasteiger partial charge in [-0.3, -0.25) is 4.79 Å². The predicted molar refractivity (Wildman–Crippen MR) is 65.6 cm³/mol. The minimum atomic E-state index is -0.375. The van der Waals surface area contributed by atoms with Crippen LogP contribution in [0.3, 0.4) is 0 Å². The number of benzene rings is 2. The molecule has 0 saturated carbocycles. The van der Waals surface area contributed by atoms with Gasteiger partial charge in [0.05, 0.1) is 0 Å². The number of carbonyl (C=O) groups excluding carboxylic acids is 1. The Morgan fingerprint density at radius 3 is 2.47 bits per heavy atom. The summed E-state index contributed by atoms with van der Waals surface area (Å²) in [5.41, 5.74) is 2.53. The number of Topliss-reactive ketones (excluding diaryl/α,β-unsaturated/α-hetero) is 1. The third-order valence-corrected chi connectivity index (χ3v) is 2.63. The second kappa shape index (κ2) is 4.91. The van der Waals surface area contributed by atoms with E-state index in [0.29, 0.717) is 12.0 Å². The lowest BCUT2D eigenvalue weighted by atomic mass is 10.0. The maximum absolute atomic E-state index is 13.0. The maximum Gasteiger partial charge on any atom is 0.167 e. The molecule has 0 bridgehead atoms. The summed E-state index contributed by atoms with van der Waals surface area (Å²) in [7, 11) is 0. The van der Waals surface area contributed by atoms with Gasteiger partial charge < -0.3 is 0 Å². The highest BCUT2D eigenvalue weighted by Gasteiger charge is 2.07.